The first-order chi connectivity index (χ1) is 13.7. The van der Waals surface area contributed by atoms with Gasteiger partial charge in [-0.1, -0.05) is 6.07 Å². The van der Waals surface area contributed by atoms with Gasteiger partial charge in [-0.15, -0.1) is 0 Å². The molecule has 0 aromatic carbocycles. The van der Waals surface area contributed by atoms with Crippen LogP contribution in [0, 0.1) is 5.92 Å². The number of nitrogens with one attached hydrogen (secondary N) is 1. The Labute approximate surface area is 167 Å². The summed E-state index contributed by atoms with van der Waals surface area (Å²) in [5.41, 5.74) is -0.0607. The van der Waals surface area contributed by atoms with E-state index in [1.54, 1.807) is 37.5 Å². The van der Waals surface area contributed by atoms with Crippen molar-refractivity contribution in [2.24, 2.45) is 5.92 Å². The number of carbonyl (C=O) groups excluding carboxylic acids is 1. The molecule has 29 heavy (non-hydrogen) atoms. The standard InChI is InChI=1S/C19H23F3N6O/c1-27(2)16-10-15(19(20,21)22)25-18(26-16)28-8-5-14(6-9-28)17(29)24-12-13-4-3-7-23-11-13/h3-4,7,10-11,14H,5-6,8-9,12H2,1-2H3,(H,24,29). The van der Waals surface area contributed by atoms with Crippen LogP contribution in [-0.4, -0.2) is 48.0 Å². The van der Waals surface area contributed by atoms with Gasteiger partial charge < -0.3 is 15.1 Å². The third-order valence-electron chi connectivity index (χ3n) is 4.79. The van der Waals surface area contributed by atoms with Gasteiger partial charge in [0.05, 0.1) is 0 Å². The SMILES string of the molecule is CN(C)c1cc(C(F)(F)F)nc(N2CCC(C(=O)NCc3cccnc3)CC2)n1. The molecule has 1 N–H and O–H groups in total. The Morgan fingerprint density at radius 1 is 1.28 bits per heavy atom. The smallest absolute Gasteiger partial charge is 0.363 e. The summed E-state index contributed by atoms with van der Waals surface area (Å²) in [6.07, 6.45) is -0.146. The lowest BCUT2D eigenvalue weighted by Gasteiger charge is -2.32. The molecular weight excluding hydrogens is 385 g/mol. The summed E-state index contributed by atoms with van der Waals surface area (Å²) in [4.78, 5) is 27.6. The largest absolute Gasteiger partial charge is 0.433 e. The van der Waals surface area contributed by atoms with E-state index >= 15 is 0 Å². The number of carbonyl (C=O) groups is 1. The first-order valence-corrected chi connectivity index (χ1v) is 9.29. The third-order valence-corrected chi connectivity index (χ3v) is 4.79. The van der Waals surface area contributed by atoms with Crippen LogP contribution in [0.5, 0.6) is 0 Å². The highest BCUT2D eigenvalue weighted by atomic mass is 19.4. The fourth-order valence-electron chi connectivity index (χ4n) is 3.12. The van der Waals surface area contributed by atoms with Crippen molar-refractivity contribution in [3.63, 3.8) is 0 Å². The molecule has 7 nitrogen and oxygen atoms in total. The number of amides is 1. The maximum Gasteiger partial charge on any atom is 0.433 e. The van der Waals surface area contributed by atoms with E-state index in [0.717, 1.165) is 11.6 Å². The van der Waals surface area contributed by atoms with E-state index in [-0.39, 0.29) is 23.6 Å². The fourth-order valence-corrected chi connectivity index (χ4v) is 3.12. The number of anilines is 2. The molecule has 0 saturated carbocycles. The van der Waals surface area contributed by atoms with E-state index in [9.17, 15) is 18.0 Å². The van der Waals surface area contributed by atoms with Gasteiger partial charge in [-0.2, -0.15) is 18.2 Å². The molecule has 0 unspecified atom stereocenters. The molecule has 3 heterocycles. The molecule has 2 aromatic heterocycles. The van der Waals surface area contributed by atoms with E-state index in [4.69, 9.17) is 0 Å². The molecule has 0 bridgehead atoms. The summed E-state index contributed by atoms with van der Waals surface area (Å²) >= 11 is 0. The molecule has 3 rings (SSSR count). The number of rotatable bonds is 5. The Hall–Kier alpha value is -2.91. The summed E-state index contributed by atoms with van der Waals surface area (Å²) in [6, 6.07) is 4.61. The van der Waals surface area contributed by atoms with Crippen LogP contribution in [0.1, 0.15) is 24.1 Å². The molecule has 1 aliphatic heterocycles. The fraction of sp³-hybridized carbons (Fsp3) is 0.474. The van der Waals surface area contributed by atoms with Crippen molar-refractivity contribution in [1.82, 2.24) is 20.3 Å². The minimum Gasteiger partial charge on any atom is -0.363 e. The van der Waals surface area contributed by atoms with E-state index in [2.05, 4.69) is 20.3 Å². The van der Waals surface area contributed by atoms with Crippen LogP contribution in [-0.2, 0) is 17.5 Å². The molecule has 156 valence electrons. The van der Waals surface area contributed by atoms with E-state index in [0.29, 0.717) is 32.5 Å². The average molecular weight is 408 g/mol. The summed E-state index contributed by atoms with van der Waals surface area (Å²) in [5.74, 6) is -0.0223. The zero-order valence-electron chi connectivity index (χ0n) is 16.3. The second-order valence-electron chi connectivity index (χ2n) is 7.14. The molecule has 10 heteroatoms. The molecule has 0 radical (unpaired) electrons. The Bertz CT molecular complexity index is 836. The Morgan fingerprint density at radius 3 is 2.59 bits per heavy atom. The zero-order valence-corrected chi connectivity index (χ0v) is 16.3. The number of pyridine rings is 1. The maximum atomic E-state index is 13.2. The quantitative estimate of drug-likeness (QED) is 0.820. The molecule has 1 fully saturated rings. The van der Waals surface area contributed by atoms with E-state index in [1.165, 1.54) is 4.90 Å². The number of aromatic nitrogens is 3. The summed E-state index contributed by atoms with van der Waals surface area (Å²) < 4.78 is 39.6. The summed E-state index contributed by atoms with van der Waals surface area (Å²) in [5, 5.41) is 2.89. The van der Waals surface area contributed by atoms with Gasteiger partial charge in [0.2, 0.25) is 11.9 Å². The van der Waals surface area contributed by atoms with Crippen molar-refractivity contribution in [1.29, 1.82) is 0 Å². The monoisotopic (exact) mass is 408 g/mol. The van der Waals surface area contributed by atoms with Crippen LogP contribution in [0.2, 0.25) is 0 Å². The van der Waals surface area contributed by atoms with Gasteiger partial charge in [0.15, 0.2) is 5.69 Å². The van der Waals surface area contributed by atoms with Crippen molar-refractivity contribution in [2.75, 3.05) is 37.0 Å². The van der Waals surface area contributed by atoms with Crippen LogP contribution >= 0.6 is 0 Å². The van der Waals surface area contributed by atoms with Gasteiger partial charge in [-0.25, -0.2) is 4.98 Å². The van der Waals surface area contributed by atoms with E-state index in [1.807, 2.05) is 6.07 Å². The number of halogens is 3. The number of hydrogen-bond donors (Lipinski definition) is 1. The predicted octanol–water partition coefficient (Wildman–Crippen LogP) is 2.49. The van der Waals surface area contributed by atoms with Crippen LogP contribution in [0.25, 0.3) is 0 Å². The van der Waals surface area contributed by atoms with Gasteiger partial charge in [-0.05, 0) is 24.5 Å². The maximum absolute atomic E-state index is 13.2. The third kappa shape index (κ3) is 5.33. The van der Waals surface area contributed by atoms with Crippen molar-refractivity contribution >= 4 is 17.7 Å². The second-order valence-corrected chi connectivity index (χ2v) is 7.14. The van der Waals surface area contributed by atoms with Crippen molar-refractivity contribution in [2.45, 2.75) is 25.6 Å². The van der Waals surface area contributed by atoms with Gasteiger partial charge in [0.25, 0.3) is 0 Å². The van der Waals surface area contributed by atoms with Gasteiger partial charge in [-0.3, -0.25) is 9.78 Å². The second kappa shape index (κ2) is 8.62. The first kappa shape index (κ1) is 20.8. The summed E-state index contributed by atoms with van der Waals surface area (Å²) in [7, 11) is 3.26. The van der Waals surface area contributed by atoms with Crippen LogP contribution in [0.3, 0.4) is 0 Å². The van der Waals surface area contributed by atoms with Crippen molar-refractivity contribution < 1.29 is 18.0 Å². The van der Waals surface area contributed by atoms with Crippen LogP contribution < -0.4 is 15.1 Å². The number of alkyl halides is 3. The molecule has 0 atom stereocenters. The van der Waals surface area contributed by atoms with E-state index < -0.39 is 11.9 Å². The Balaban J connectivity index is 1.62. The lowest BCUT2D eigenvalue weighted by molar-refractivity contribution is -0.141. The lowest BCUT2D eigenvalue weighted by atomic mass is 9.96. The topological polar surface area (TPSA) is 74.2 Å². The van der Waals surface area contributed by atoms with Gasteiger partial charge >= 0.3 is 6.18 Å². The highest BCUT2D eigenvalue weighted by molar-refractivity contribution is 5.78. The van der Waals surface area contributed by atoms with Crippen molar-refractivity contribution in [3.05, 3.63) is 41.9 Å². The molecule has 2 aromatic rings. The molecule has 1 aliphatic rings. The normalized spacial score (nSPS) is 15.3. The highest BCUT2D eigenvalue weighted by Crippen LogP contribution is 2.31. The molecule has 1 amide bonds. The molecule has 0 aliphatic carbocycles. The van der Waals surface area contributed by atoms with Crippen LogP contribution in [0.4, 0.5) is 24.9 Å². The minimum atomic E-state index is -4.55. The number of hydrogen-bond acceptors (Lipinski definition) is 6. The minimum absolute atomic E-state index is 0.0396. The van der Waals surface area contributed by atoms with Gasteiger partial charge in [0.1, 0.15) is 5.82 Å². The predicted molar refractivity (Wildman–Crippen MR) is 102 cm³/mol. The van der Waals surface area contributed by atoms with Crippen molar-refractivity contribution in [3.8, 4) is 0 Å². The first-order valence-electron chi connectivity index (χ1n) is 9.29. The number of nitrogens with zero attached hydrogens (tertiary/aromatic N) is 5. The molecule has 0 spiro atoms. The van der Waals surface area contributed by atoms with Gasteiger partial charge in [0, 0.05) is 58.1 Å². The summed E-state index contributed by atoms with van der Waals surface area (Å²) in [6.45, 7) is 1.23. The molecule has 1 saturated heterocycles. The Morgan fingerprint density at radius 2 is 2.00 bits per heavy atom. The molecular formula is C19H23F3N6O. The number of piperidine rings is 1. The van der Waals surface area contributed by atoms with Crippen LogP contribution in [0.15, 0.2) is 30.6 Å². The average Bonchev–Trinajstić information content (AvgIpc) is 2.72. The highest BCUT2D eigenvalue weighted by Gasteiger charge is 2.35. The Kier molecular flexibility index (Phi) is 6.19. The lowest BCUT2D eigenvalue weighted by Crippen LogP contribution is -2.41. The zero-order chi connectivity index (χ0) is 21.0.